The van der Waals surface area contributed by atoms with Gasteiger partial charge in [-0.3, -0.25) is 0 Å². The first-order valence-electron chi connectivity index (χ1n) is 6.75. The Morgan fingerprint density at radius 3 is 3.00 bits per heavy atom. The molecule has 1 saturated heterocycles. The summed E-state index contributed by atoms with van der Waals surface area (Å²) in [6, 6.07) is 6.41. The van der Waals surface area contributed by atoms with Crippen LogP contribution in [0.1, 0.15) is 30.9 Å². The highest BCUT2D eigenvalue weighted by Gasteiger charge is 2.18. The molecule has 1 fully saturated rings. The molecule has 0 bridgehead atoms. The molecule has 1 aliphatic heterocycles. The van der Waals surface area contributed by atoms with Crippen molar-refractivity contribution in [1.29, 1.82) is 0 Å². The Labute approximate surface area is 109 Å². The van der Waals surface area contributed by atoms with Crippen LogP contribution in [0.25, 0.3) is 0 Å². The molecule has 100 valence electrons. The van der Waals surface area contributed by atoms with Gasteiger partial charge in [-0.1, -0.05) is 18.2 Å². The van der Waals surface area contributed by atoms with Crippen LogP contribution in [0.4, 0.5) is 0 Å². The Morgan fingerprint density at radius 1 is 1.50 bits per heavy atom. The molecule has 1 aliphatic rings. The number of hydrogen-bond donors (Lipinski definition) is 1. The molecule has 2 atom stereocenters. The van der Waals surface area contributed by atoms with Crippen molar-refractivity contribution in [2.45, 2.75) is 45.3 Å². The lowest BCUT2D eigenvalue weighted by molar-refractivity contribution is 0.00674. The lowest BCUT2D eigenvalue weighted by atomic mass is 10.0. The van der Waals surface area contributed by atoms with Crippen LogP contribution in [-0.4, -0.2) is 25.4 Å². The maximum absolute atomic E-state index is 6.14. The summed E-state index contributed by atoms with van der Waals surface area (Å²) in [5, 5.41) is 0. The Bertz CT molecular complexity index is 384. The number of aryl methyl sites for hydroxylation is 1. The van der Waals surface area contributed by atoms with Gasteiger partial charge in [-0.05, 0) is 44.2 Å². The Kier molecular flexibility index (Phi) is 4.61. The Hall–Kier alpha value is -1.06. The molecule has 2 unspecified atom stereocenters. The summed E-state index contributed by atoms with van der Waals surface area (Å²) in [7, 11) is 0. The van der Waals surface area contributed by atoms with E-state index in [9.17, 15) is 0 Å². The number of nitrogens with two attached hydrogens (primary N) is 1. The summed E-state index contributed by atoms with van der Waals surface area (Å²) in [5.41, 5.74) is 8.28. The van der Waals surface area contributed by atoms with Crippen LogP contribution in [0.5, 0.6) is 5.75 Å². The van der Waals surface area contributed by atoms with Gasteiger partial charge in [-0.25, -0.2) is 0 Å². The Morgan fingerprint density at radius 2 is 2.33 bits per heavy atom. The standard InChI is InChI=1S/C15H23NO2/c1-11-5-3-6-13(9-12(2)16)15(11)18-14-7-4-8-17-10-14/h3,5-6,12,14H,4,7-10,16H2,1-2H3. The van der Waals surface area contributed by atoms with Gasteiger partial charge >= 0.3 is 0 Å². The van der Waals surface area contributed by atoms with Gasteiger partial charge in [0.25, 0.3) is 0 Å². The highest BCUT2D eigenvalue weighted by molar-refractivity contribution is 5.41. The van der Waals surface area contributed by atoms with Crippen molar-refractivity contribution in [1.82, 2.24) is 0 Å². The van der Waals surface area contributed by atoms with Gasteiger partial charge in [0.05, 0.1) is 6.61 Å². The van der Waals surface area contributed by atoms with Gasteiger partial charge < -0.3 is 15.2 Å². The van der Waals surface area contributed by atoms with Gasteiger partial charge in [0.2, 0.25) is 0 Å². The van der Waals surface area contributed by atoms with Crippen LogP contribution >= 0.6 is 0 Å². The highest BCUT2D eigenvalue weighted by Crippen LogP contribution is 2.27. The number of hydrogen-bond acceptors (Lipinski definition) is 3. The minimum absolute atomic E-state index is 0.150. The van der Waals surface area contributed by atoms with Crippen LogP contribution in [0.2, 0.25) is 0 Å². The fourth-order valence-electron chi connectivity index (χ4n) is 2.36. The third-order valence-electron chi connectivity index (χ3n) is 3.24. The molecule has 2 N–H and O–H groups in total. The second-order valence-electron chi connectivity index (χ2n) is 5.20. The topological polar surface area (TPSA) is 44.5 Å². The van der Waals surface area contributed by atoms with Gasteiger partial charge in [-0.2, -0.15) is 0 Å². The third-order valence-corrected chi connectivity index (χ3v) is 3.24. The Balaban J connectivity index is 2.13. The fourth-order valence-corrected chi connectivity index (χ4v) is 2.36. The van der Waals surface area contributed by atoms with E-state index in [-0.39, 0.29) is 12.1 Å². The molecule has 0 aromatic heterocycles. The molecule has 0 radical (unpaired) electrons. The average Bonchev–Trinajstić information content (AvgIpc) is 2.34. The van der Waals surface area contributed by atoms with Crippen molar-refractivity contribution < 1.29 is 9.47 Å². The average molecular weight is 249 g/mol. The number of benzene rings is 1. The molecule has 1 aromatic carbocycles. The first-order chi connectivity index (χ1) is 8.66. The minimum atomic E-state index is 0.150. The van der Waals surface area contributed by atoms with E-state index in [1.54, 1.807) is 0 Å². The van der Waals surface area contributed by atoms with Crippen molar-refractivity contribution in [2.24, 2.45) is 5.73 Å². The molecular weight excluding hydrogens is 226 g/mol. The van der Waals surface area contributed by atoms with Crippen LogP contribution < -0.4 is 10.5 Å². The van der Waals surface area contributed by atoms with Crippen molar-refractivity contribution in [3.8, 4) is 5.75 Å². The second kappa shape index (κ2) is 6.21. The van der Waals surface area contributed by atoms with Crippen LogP contribution in [0.15, 0.2) is 18.2 Å². The van der Waals surface area contributed by atoms with Gasteiger partial charge in [0.15, 0.2) is 0 Å². The largest absolute Gasteiger partial charge is 0.487 e. The summed E-state index contributed by atoms with van der Waals surface area (Å²) < 4.78 is 11.6. The lowest BCUT2D eigenvalue weighted by Crippen LogP contribution is -2.29. The van der Waals surface area contributed by atoms with Crippen molar-refractivity contribution in [3.63, 3.8) is 0 Å². The van der Waals surface area contributed by atoms with E-state index >= 15 is 0 Å². The van der Waals surface area contributed by atoms with E-state index in [1.807, 2.05) is 6.92 Å². The predicted molar refractivity (Wildman–Crippen MR) is 73.0 cm³/mol. The zero-order valence-corrected chi connectivity index (χ0v) is 11.3. The summed E-state index contributed by atoms with van der Waals surface area (Å²) in [5.74, 6) is 1.00. The SMILES string of the molecule is Cc1cccc(CC(C)N)c1OC1CCCOC1. The molecule has 1 aromatic rings. The van der Waals surface area contributed by atoms with Gasteiger partial charge in [0, 0.05) is 12.6 Å². The van der Waals surface area contributed by atoms with E-state index in [2.05, 4.69) is 25.1 Å². The van der Waals surface area contributed by atoms with Crippen molar-refractivity contribution in [3.05, 3.63) is 29.3 Å². The van der Waals surface area contributed by atoms with E-state index in [1.165, 1.54) is 11.1 Å². The molecule has 3 heteroatoms. The first kappa shape index (κ1) is 13.4. The molecule has 2 rings (SSSR count). The van der Waals surface area contributed by atoms with Gasteiger partial charge in [-0.15, -0.1) is 0 Å². The zero-order chi connectivity index (χ0) is 13.0. The van der Waals surface area contributed by atoms with E-state index in [4.69, 9.17) is 15.2 Å². The summed E-state index contributed by atoms with van der Waals surface area (Å²) in [4.78, 5) is 0. The smallest absolute Gasteiger partial charge is 0.125 e. The van der Waals surface area contributed by atoms with Crippen molar-refractivity contribution >= 4 is 0 Å². The normalized spacial score (nSPS) is 21.6. The molecular formula is C15H23NO2. The third kappa shape index (κ3) is 3.47. The van der Waals surface area contributed by atoms with Crippen LogP contribution in [-0.2, 0) is 11.2 Å². The highest BCUT2D eigenvalue weighted by atomic mass is 16.5. The monoisotopic (exact) mass is 249 g/mol. The maximum atomic E-state index is 6.14. The number of para-hydroxylation sites is 1. The van der Waals surface area contributed by atoms with Crippen molar-refractivity contribution in [2.75, 3.05) is 13.2 Å². The van der Waals surface area contributed by atoms with E-state index < -0.39 is 0 Å². The quantitative estimate of drug-likeness (QED) is 0.891. The predicted octanol–water partition coefficient (Wildman–Crippen LogP) is 2.44. The fraction of sp³-hybridized carbons (Fsp3) is 0.600. The number of ether oxygens (including phenoxy) is 2. The minimum Gasteiger partial charge on any atom is -0.487 e. The van der Waals surface area contributed by atoms with Crippen LogP contribution in [0, 0.1) is 6.92 Å². The zero-order valence-electron chi connectivity index (χ0n) is 11.3. The first-order valence-corrected chi connectivity index (χ1v) is 6.75. The lowest BCUT2D eigenvalue weighted by Gasteiger charge is -2.26. The molecule has 0 aliphatic carbocycles. The van der Waals surface area contributed by atoms with E-state index in [0.717, 1.165) is 31.6 Å². The van der Waals surface area contributed by atoms with Gasteiger partial charge in [0.1, 0.15) is 11.9 Å². The molecule has 18 heavy (non-hydrogen) atoms. The second-order valence-corrected chi connectivity index (χ2v) is 5.20. The summed E-state index contributed by atoms with van der Waals surface area (Å²) in [6.07, 6.45) is 3.20. The maximum Gasteiger partial charge on any atom is 0.125 e. The molecule has 0 saturated carbocycles. The molecule has 0 spiro atoms. The van der Waals surface area contributed by atoms with Crippen LogP contribution in [0.3, 0.4) is 0 Å². The summed E-state index contributed by atoms with van der Waals surface area (Å²) >= 11 is 0. The molecule has 0 amide bonds. The molecule has 1 heterocycles. The molecule has 3 nitrogen and oxygen atoms in total. The summed E-state index contributed by atoms with van der Waals surface area (Å²) in [6.45, 7) is 5.67. The van der Waals surface area contributed by atoms with E-state index in [0.29, 0.717) is 6.61 Å². The number of rotatable bonds is 4.